The second kappa shape index (κ2) is 3.70. The first-order valence-electron chi connectivity index (χ1n) is 5.84. The van der Waals surface area contributed by atoms with Gasteiger partial charge in [-0.05, 0) is 34.1 Å². The Labute approximate surface area is 97.8 Å². The quantitative estimate of drug-likeness (QED) is 0.748. The first kappa shape index (κ1) is 13.5. The molecular formula is C12H24N2O2. The van der Waals surface area contributed by atoms with Gasteiger partial charge in [0.05, 0.1) is 24.1 Å². The molecule has 1 heterocycles. The molecule has 94 valence electrons. The summed E-state index contributed by atoms with van der Waals surface area (Å²) in [5.41, 5.74) is 4.17. The van der Waals surface area contributed by atoms with Crippen molar-refractivity contribution in [3.63, 3.8) is 0 Å². The molecular weight excluding hydrogens is 204 g/mol. The standard InChI is InChI=1S/C12H24N2O2/c1-6-12(16)7-14(8-12)9(15)10(2,3)11(4,5)13/h16H,6-8,13H2,1-5H3. The van der Waals surface area contributed by atoms with Gasteiger partial charge in [0, 0.05) is 5.54 Å². The molecule has 3 N–H and O–H groups in total. The fourth-order valence-corrected chi connectivity index (χ4v) is 1.70. The molecule has 0 atom stereocenters. The maximum absolute atomic E-state index is 12.2. The van der Waals surface area contributed by atoms with Crippen LogP contribution in [0.5, 0.6) is 0 Å². The second-order valence-corrected chi connectivity index (χ2v) is 6.09. The van der Waals surface area contributed by atoms with Crippen LogP contribution in [0.1, 0.15) is 41.0 Å². The second-order valence-electron chi connectivity index (χ2n) is 6.09. The van der Waals surface area contributed by atoms with Crippen molar-refractivity contribution in [1.29, 1.82) is 0 Å². The molecule has 0 unspecified atom stereocenters. The largest absolute Gasteiger partial charge is 0.386 e. The third-order valence-corrected chi connectivity index (χ3v) is 4.06. The smallest absolute Gasteiger partial charge is 0.230 e. The van der Waals surface area contributed by atoms with Crippen LogP contribution in [-0.2, 0) is 4.79 Å². The highest BCUT2D eigenvalue weighted by Gasteiger charge is 2.49. The number of hydrogen-bond acceptors (Lipinski definition) is 3. The first-order chi connectivity index (χ1) is 7.03. The molecule has 1 saturated heterocycles. The SMILES string of the molecule is CCC1(O)CN(C(=O)C(C)(C)C(C)(C)N)C1. The molecule has 0 aliphatic carbocycles. The lowest BCUT2D eigenvalue weighted by Crippen LogP contribution is -2.68. The summed E-state index contributed by atoms with van der Waals surface area (Å²) < 4.78 is 0. The number of likely N-dealkylation sites (tertiary alicyclic amines) is 1. The normalized spacial score (nSPS) is 20.6. The predicted octanol–water partition coefficient (Wildman–Crippen LogP) is 0.733. The van der Waals surface area contributed by atoms with Gasteiger partial charge >= 0.3 is 0 Å². The number of carbonyl (C=O) groups excluding carboxylic acids is 1. The third kappa shape index (κ3) is 2.09. The highest BCUT2D eigenvalue weighted by atomic mass is 16.3. The Balaban J connectivity index is 2.69. The van der Waals surface area contributed by atoms with E-state index in [0.717, 1.165) is 0 Å². The monoisotopic (exact) mass is 228 g/mol. The number of carbonyl (C=O) groups is 1. The number of nitrogens with zero attached hydrogens (tertiary/aromatic N) is 1. The van der Waals surface area contributed by atoms with Crippen molar-refractivity contribution >= 4 is 5.91 Å². The summed E-state index contributed by atoms with van der Waals surface area (Å²) >= 11 is 0. The predicted molar refractivity (Wildman–Crippen MR) is 63.9 cm³/mol. The average Bonchev–Trinajstić information content (AvgIpc) is 2.09. The Bertz CT molecular complexity index is 286. The van der Waals surface area contributed by atoms with E-state index in [4.69, 9.17) is 5.73 Å². The Hall–Kier alpha value is -0.610. The van der Waals surface area contributed by atoms with Crippen molar-refractivity contribution in [3.05, 3.63) is 0 Å². The Morgan fingerprint density at radius 2 is 1.81 bits per heavy atom. The van der Waals surface area contributed by atoms with Crippen LogP contribution in [0.4, 0.5) is 0 Å². The van der Waals surface area contributed by atoms with Crippen LogP contribution >= 0.6 is 0 Å². The summed E-state index contributed by atoms with van der Waals surface area (Å²) in [4.78, 5) is 13.9. The molecule has 1 aliphatic heterocycles. The van der Waals surface area contributed by atoms with Crippen molar-refractivity contribution in [2.45, 2.75) is 52.2 Å². The third-order valence-electron chi connectivity index (χ3n) is 4.06. The van der Waals surface area contributed by atoms with Crippen LogP contribution in [0.3, 0.4) is 0 Å². The van der Waals surface area contributed by atoms with Crippen molar-refractivity contribution in [2.24, 2.45) is 11.1 Å². The van der Waals surface area contributed by atoms with E-state index < -0.39 is 16.6 Å². The fraction of sp³-hybridized carbons (Fsp3) is 0.917. The number of hydrogen-bond donors (Lipinski definition) is 2. The van der Waals surface area contributed by atoms with Crippen LogP contribution in [-0.4, -0.2) is 40.1 Å². The average molecular weight is 228 g/mol. The van der Waals surface area contributed by atoms with Crippen LogP contribution in [0.2, 0.25) is 0 Å². The molecule has 1 amide bonds. The number of β-amino-alcohol motifs (C(OH)–C–C–N with tert-alkyl or cyclic N) is 1. The summed E-state index contributed by atoms with van der Waals surface area (Å²) in [5.74, 6) is 0.0260. The van der Waals surface area contributed by atoms with Crippen molar-refractivity contribution in [3.8, 4) is 0 Å². The van der Waals surface area contributed by atoms with Crippen LogP contribution in [0.25, 0.3) is 0 Å². The molecule has 4 heteroatoms. The van der Waals surface area contributed by atoms with Gasteiger partial charge in [0.25, 0.3) is 0 Å². The number of amides is 1. The van der Waals surface area contributed by atoms with E-state index in [0.29, 0.717) is 19.5 Å². The van der Waals surface area contributed by atoms with Crippen LogP contribution in [0, 0.1) is 5.41 Å². The first-order valence-corrected chi connectivity index (χ1v) is 5.84. The minimum absolute atomic E-state index is 0.0260. The molecule has 16 heavy (non-hydrogen) atoms. The maximum Gasteiger partial charge on any atom is 0.230 e. The zero-order valence-electron chi connectivity index (χ0n) is 11.0. The molecule has 0 saturated carbocycles. The summed E-state index contributed by atoms with van der Waals surface area (Å²) in [5, 5.41) is 9.88. The van der Waals surface area contributed by atoms with Crippen LogP contribution < -0.4 is 5.73 Å². The minimum Gasteiger partial charge on any atom is -0.386 e. The fourth-order valence-electron chi connectivity index (χ4n) is 1.70. The number of nitrogens with two attached hydrogens (primary N) is 1. The summed E-state index contributed by atoms with van der Waals surface area (Å²) in [7, 11) is 0. The van der Waals surface area contributed by atoms with E-state index in [2.05, 4.69) is 0 Å². The van der Waals surface area contributed by atoms with Gasteiger partial charge < -0.3 is 15.7 Å². The minimum atomic E-state index is -0.676. The highest BCUT2D eigenvalue weighted by Crippen LogP contribution is 2.34. The topological polar surface area (TPSA) is 66.6 Å². The van der Waals surface area contributed by atoms with E-state index in [1.54, 1.807) is 4.90 Å². The Morgan fingerprint density at radius 1 is 1.38 bits per heavy atom. The maximum atomic E-state index is 12.2. The van der Waals surface area contributed by atoms with E-state index in [9.17, 15) is 9.90 Å². The van der Waals surface area contributed by atoms with Gasteiger partial charge in [-0.25, -0.2) is 0 Å². The molecule has 0 aromatic carbocycles. The molecule has 0 aromatic heterocycles. The van der Waals surface area contributed by atoms with E-state index in [1.807, 2.05) is 34.6 Å². The molecule has 0 spiro atoms. The molecule has 1 rings (SSSR count). The molecule has 1 fully saturated rings. The Kier molecular flexibility index (Phi) is 3.12. The van der Waals surface area contributed by atoms with Gasteiger partial charge in [-0.3, -0.25) is 4.79 Å². The van der Waals surface area contributed by atoms with Gasteiger partial charge in [-0.15, -0.1) is 0 Å². The van der Waals surface area contributed by atoms with Gasteiger partial charge in [0.15, 0.2) is 0 Å². The Morgan fingerprint density at radius 3 is 2.12 bits per heavy atom. The summed E-state index contributed by atoms with van der Waals surface area (Å²) in [6.07, 6.45) is 0.684. The lowest BCUT2D eigenvalue weighted by molar-refractivity contribution is -0.167. The molecule has 0 aromatic rings. The van der Waals surface area contributed by atoms with E-state index in [-0.39, 0.29) is 5.91 Å². The van der Waals surface area contributed by atoms with E-state index in [1.165, 1.54) is 0 Å². The summed E-state index contributed by atoms with van der Waals surface area (Å²) in [6.45, 7) is 10.2. The van der Waals surface area contributed by atoms with Gasteiger partial charge in [0.2, 0.25) is 5.91 Å². The van der Waals surface area contributed by atoms with Crippen LogP contribution in [0.15, 0.2) is 0 Å². The van der Waals surface area contributed by atoms with Crippen molar-refractivity contribution < 1.29 is 9.90 Å². The van der Waals surface area contributed by atoms with Gasteiger partial charge in [-0.2, -0.15) is 0 Å². The van der Waals surface area contributed by atoms with E-state index >= 15 is 0 Å². The zero-order chi connectivity index (χ0) is 12.8. The molecule has 0 radical (unpaired) electrons. The molecule has 1 aliphatic rings. The molecule has 4 nitrogen and oxygen atoms in total. The lowest BCUT2D eigenvalue weighted by atomic mass is 9.73. The van der Waals surface area contributed by atoms with Gasteiger partial charge in [-0.1, -0.05) is 6.92 Å². The van der Waals surface area contributed by atoms with Gasteiger partial charge in [0.1, 0.15) is 0 Å². The summed E-state index contributed by atoms with van der Waals surface area (Å²) in [6, 6.07) is 0. The number of aliphatic hydroxyl groups is 1. The van der Waals surface area contributed by atoms with Crippen molar-refractivity contribution in [1.82, 2.24) is 4.90 Å². The highest BCUT2D eigenvalue weighted by molar-refractivity contribution is 5.84. The lowest BCUT2D eigenvalue weighted by Gasteiger charge is -2.50. The van der Waals surface area contributed by atoms with Crippen molar-refractivity contribution in [2.75, 3.05) is 13.1 Å². The molecule has 0 bridgehead atoms. The zero-order valence-corrected chi connectivity index (χ0v) is 11.0. The number of rotatable bonds is 3.